The number of Topliss-reactive ketones (excluding diaryl/α,β-unsaturated/α-hetero) is 1. The number of anilines is 2. The van der Waals surface area contributed by atoms with Crippen LogP contribution in [-0.2, 0) is 9.59 Å². The second-order valence-corrected chi connectivity index (χ2v) is 10.5. The summed E-state index contributed by atoms with van der Waals surface area (Å²) < 4.78 is 0.949. The lowest BCUT2D eigenvalue weighted by molar-refractivity contribution is -0.132. The number of nitrogens with zero attached hydrogens (tertiary/aromatic N) is 3. The van der Waals surface area contributed by atoms with Crippen molar-refractivity contribution < 1.29 is 14.7 Å². The number of aliphatic hydroxyl groups is 1. The zero-order valence-corrected chi connectivity index (χ0v) is 21.7. The molecule has 4 aromatic rings. The first-order chi connectivity index (χ1) is 17.2. The predicted octanol–water partition coefficient (Wildman–Crippen LogP) is 5.91. The molecule has 0 bridgehead atoms. The van der Waals surface area contributed by atoms with Crippen LogP contribution >= 0.6 is 11.3 Å². The average molecular weight is 498 g/mol. The third-order valence-corrected chi connectivity index (χ3v) is 7.52. The van der Waals surface area contributed by atoms with E-state index < -0.39 is 17.7 Å². The Morgan fingerprint density at radius 2 is 1.61 bits per heavy atom. The van der Waals surface area contributed by atoms with Gasteiger partial charge in [-0.1, -0.05) is 59.4 Å². The van der Waals surface area contributed by atoms with Crippen LogP contribution in [0.3, 0.4) is 0 Å². The van der Waals surface area contributed by atoms with Gasteiger partial charge in [0.2, 0.25) is 0 Å². The van der Waals surface area contributed by atoms with Crippen molar-refractivity contribution in [2.75, 3.05) is 23.9 Å². The standard InChI is InChI=1S/C29H27N3O3S/c1-16-6-8-20(9-7-16)26(33)23-25(19-10-12-21(13-11-19)31(4)5)32(28(35)27(23)34)29-30-24-18(3)14-17(2)15-22(24)36-29/h6-15,25,33H,1-5H3/b26-23+. The lowest BCUT2D eigenvalue weighted by Gasteiger charge is -2.23. The van der Waals surface area contributed by atoms with Gasteiger partial charge in [-0.25, -0.2) is 4.98 Å². The number of aliphatic hydroxyl groups excluding tert-OH is 1. The Morgan fingerprint density at radius 1 is 0.944 bits per heavy atom. The normalized spacial score (nSPS) is 17.2. The summed E-state index contributed by atoms with van der Waals surface area (Å²) >= 11 is 1.38. The molecule has 1 aliphatic heterocycles. The van der Waals surface area contributed by atoms with Crippen LogP contribution < -0.4 is 9.80 Å². The van der Waals surface area contributed by atoms with E-state index in [-0.39, 0.29) is 11.3 Å². The number of ketones is 1. The Kier molecular flexibility index (Phi) is 5.88. The number of aromatic nitrogens is 1. The van der Waals surface area contributed by atoms with Gasteiger partial charge in [0.25, 0.3) is 5.78 Å². The Labute approximate surface area is 214 Å². The summed E-state index contributed by atoms with van der Waals surface area (Å²) in [7, 11) is 3.90. The molecule has 1 aromatic heterocycles. The zero-order valence-electron chi connectivity index (χ0n) is 20.9. The Balaban J connectivity index is 1.73. The van der Waals surface area contributed by atoms with Crippen LogP contribution in [-0.4, -0.2) is 35.9 Å². The average Bonchev–Trinajstić information content (AvgIpc) is 3.38. The van der Waals surface area contributed by atoms with Crippen LogP contribution in [0.4, 0.5) is 10.8 Å². The first-order valence-electron chi connectivity index (χ1n) is 11.7. The smallest absolute Gasteiger partial charge is 0.301 e. The van der Waals surface area contributed by atoms with Crippen LogP contribution in [0.25, 0.3) is 16.0 Å². The van der Waals surface area contributed by atoms with Gasteiger partial charge in [-0.05, 0) is 55.7 Å². The predicted molar refractivity (Wildman–Crippen MR) is 146 cm³/mol. The number of hydrogen-bond donors (Lipinski definition) is 1. The van der Waals surface area contributed by atoms with Gasteiger partial charge >= 0.3 is 5.91 Å². The summed E-state index contributed by atoms with van der Waals surface area (Å²) in [6.07, 6.45) is 0. The van der Waals surface area contributed by atoms with E-state index in [0.29, 0.717) is 10.7 Å². The summed E-state index contributed by atoms with van der Waals surface area (Å²) in [5.41, 5.74) is 6.22. The molecule has 1 N–H and O–H groups in total. The van der Waals surface area contributed by atoms with Crippen molar-refractivity contribution in [3.8, 4) is 0 Å². The molecule has 182 valence electrons. The molecule has 1 saturated heterocycles. The Bertz CT molecular complexity index is 1530. The molecular formula is C29H27N3O3S. The number of hydrogen-bond acceptors (Lipinski definition) is 6. The summed E-state index contributed by atoms with van der Waals surface area (Å²) in [6, 6.07) is 18.2. The van der Waals surface area contributed by atoms with Crippen molar-refractivity contribution in [1.82, 2.24) is 4.98 Å². The maximum Gasteiger partial charge on any atom is 0.301 e. The second-order valence-electron chi connectivity index (χ2n) is 9.45. The molecule has 7 heteroatoms. The third kappa shape index (κ3) is 3.95. The van der Waals surface area contributed by atoms with E-state index in [9.17, 15) is 14.7 Å². The molecule has 1 atom stereocenters. The molecule has 1 aliphatic rings. The molecule has 0 aliphatic carbocycles. The van der Waals surface area contributed by atoms with Crippen molar-refractivity contribution in [3.63, 3.8) is 0 Å². The second kappa shape index (κ2) is 8.91. The number of fused-ring (bicyclic) bond motifs is 1. The van der Waals surface area contributed by atoms with Crippen molar-refractivity contribution in [1.29, 1.82) is 0 Å². The van der Waals surface area contributed by atoms with E-state index in [1.807, 2.05) is 82.2 Å². The van der Waals surface area contributed by atoms with Crippen molar-refractivity contribution in [3.05, 3.63) is 94.1 Å². The zero-order chi connectivity index (χ0) is 25.7. The molecule has 3 aromatic carbocycles. The summed E-state index contributed by atoms with van der Waals surface area (Å²) in [5.74, 6) is -1.61. The number of carbonyl (C=O) groups is 2. The summed E-state index contributed by atoms with van der Waals surface area (Å²) in [6.45, 7) is 5.96. The molecule has 0 radical (unpaired) electrons. The Hall–Kier alpha value is -3.97. The molecule has 1 fully saturated rings. The van der Waals surface area contributed by atoms with Crippen molar-refractivity contribution >= 4 is 49.8 Å². The van der Waals surface area contributed by atoms with E-state index in [2.05, 4.69) is 6.07 Å². The highest BCUT2D eigenvalue weighted by Gasteiger charge is 2.48. The van der Waals surface area contributed by atoms with Gasteiger partial charge in [0.15, 0.2) is 5.13 Å². The number of thiazole rings is 1. The topological polar surface area (TPSA) is 73.7 Å². The number of carbonyl (C=O) groups excluding carboxylic acids is 2. The molecule has 0 saturated carbocycles. The first-order valence-corrected chi connectivity index (χ1v) is 12.5. The van der Waals surface area contributed by atoms with Crippen molar-refractivity contribution in [2.45, 2.75) is 26.8 Å². The first kappa shape index (κ1) is 23.8. The minimum Gasteiger partial charge on any atom is -0.507 e. The van der Waals surface area contributed by atoms with Crippen LogP contribution in [0.2, 0.25) is 0 Å². The molecule has 1 unspecified atom stereocenters. The molecule has 0 spiro atoms. The number of amides is 1. The molecule has 1 amide bonds. The SMILES string of the molecule is Cc1ccc(/C(O)=C2\C(=O)C(=O)N(c3nc4c(C)cc(C)cc4s3)C2c2ccc(N(C)C)cc2)cc1. The fourth-order valence-electron chi connectivity index (χ4n) is 4.63. The Morgan fingerprint density at radius 3 is 2.25 bits per heavy atom. The van der Waals surface area contributed by atoms with E-state index in [0.717, 1.165) is 38.2 Å². The number of aryl methyl sites for hydroxylation is 3. The fraction of sp³-hybridized carbons (Fsp3) is 0.207. The minimum atomic E-state index is -0.801. The van der Waals surface area contributed by atoms with E-state index in [1.165, 1.54) is 16.2 Å². The summed E-state index contributed by atoms with van der Waals surface area (Å²) in [5, 5.41) is 11.7. The number of rotatable bonds is 4. The quantitative estimate of drug-likeness (QED) is 0.215. The maximum absolute atomic E-state index is 13.5. The number of benzene rings is 3. The van der Waals surface area contributed by atoms with Crippen LogP contribution in [0.15, 0.2) is 66.2 Å². The van der Waals surface area contributed by atoms with Gasteiger partial charge < -0.3 is 10.0 Å². The van der Waals surface area contributed by atoms with Gasteiger partial charge in [0.05, 0.1) is 21.8 Å². The molecular weight excluding hydrogens is 470 g/mol. The molecule has 6 nitrogen and oxygen atoms in total. The largest absolute Gasteiger partial charge is 0.507 e. The molecule has 2 heterocycles. The van der Waals surface area contributed by atoms with Gasteiger partial charge in [-0.2, -0.15) is 0 Å². The monoisotopic (exact) mass is 497 g/mol. The van der Waals surface area contributed by atoms with Crippen LogP contribution in [0.1, 0.15) is 33.9 Å². The van der Waals surface area contributed by atoms with E-state index >= 15 is 0 Å². The lowest BCUT2D eigenvalue weighted by atomic mass is 9.95. The van der Waals surface area contributed by atoms with Gasteiger partial charge in [0, 0.05) is 25.3 Å². The highest BCUT2D eigenvalue weighted by Crippen LogP contribution is 2.45. The highest BCUT2D eigenvalue weighted by atomic mass is 32.1. The highest BCUT2D eigenvalue weighted by molar-refractivity contribution is 7.22. The van der Waals surface area contributed by atoms with Gasteiger partial charge in [-0.15, -0.1) is 0 Å². The summed E-state index contributed by atoms with van der Waals surface area (Å²) in [4.78, 5) is 35.1. The molecule has 5 rings (SSSR count). The van der Waals surface area contributed by atoms with E-state index in [1.54, 1.807) is 12.1 Å². The van der Waals surface area contributed by atoms with Gasteiger partial charge in [0.1, 0.15) is 5.76 Å². The van der Waals surface area contributed by atoms with Crippen molar-refractivity contribution in [2.24, 2.45) is 0 Å². The maximum atomic E-state index is 13.5. The van der Waals surface area contributed by atoms with Crippen LogP contribution in [0, 0.1) is 20.8 Å². The van der Waals surface area contributed by atoms with Crippen LogP contribution in [0.5, 0.6) is 0 Å². The lowest BCUT2D eigenvalue weighted by Crippen LogP contribution is -2.29. The minimum absolute atomic E-state index is 0.0635. The fourth-order valence-corrected chi connectivity index (χ4v) is 5.80. The van der Waals surface area contributed by atoms with Gasteiger partial charge in [-0.3, -0.25) is 14.5 Å². The molecule has 36 heavy (non-hydrogen) atoms. The van der Waals surface area contributed by atoms with E-state index in [4.69, 9.17) is 4.98 Å². The third-order valence-electron chi connectivity index (χ3n) is 6.52.